The molecule has 0 amide bonds. The minimum absolute atomic E-state index is 0.303. The molecule has 6 aromatic rings. The van der Waals surface area contributed by atoms with Crippen molar-refractivity contribution < 1.29 is 14.2 Å². The van der Waals surface area contributed by atoms with Crippen LogP contribution in [0.25, 0.3) is 22.7 Å². The Morgan fingerprint density at radius 2 is 1.60 bits per heavy atom. The van der Waals surface area contributed by atoms with Crippen LogP contribution in [0.3, 0.4) is 0 Å². The maximum Gasteiger partial charge on any atom is 0.230 e. The lowest BCUT2D eigenvalue weighted by Crippen LogP contribution is -2.16. The summed E-state index contributed by atoms with van der Waals surface area (Å²) >= 11 is 0. The van der Waals surface area contributed by atoms with E-state index in [1.54, 1.807) is 25.1 Å². The molecule has 0 aliphatic carbocycles. The molecule has 7 rings (SSSR count). The molecular formula is C31H26N6O3. The summed E-state index contributed by atoms with van der Waals surface area (Å²) in [7, 11) is 3.26. The average molecular weight is 531 g/mol. The van der Waals surface area contributed by atoms with Gasteiger partial charge >= 0.3 is 0 Å². The molecule has 1 atom stereocenters. The number of nitrogens with zero attached hydrogens (tertiary/aromatic N) is 6. The predicted molar refractivity (Wildman–Crippen MR) is 150 cm³/mol. The van der Waals surface area contributed by atoms with Gasteiger partial charge in [0, 0.05) is 5.56 Å². The second kappa shape index (κ2) is 9.23. The van der Waals surface area contributed by atoms with E-state index in [1.807, 2.05) is 72.3 Å². The van der Waals surface area contributed by atoms with Gasteiger partial charge in [-0.15, -0.1) is 5.10 Å². The monoisotopic (exact) mass is 530 g/mol. The lowest BCUT2D eigenvalue weighted by Gasteiger charge is -2.26. The molecule has 3 aromatic carbocycles. The Hall–Kier alpha value is -5.18. The smallest absolute Gasteiger partial charge is 0.230 e. The fraction of sp³-hybridized carbons (Fsp3) is 0.161. The molecule has 0 bridgehead atoms. The number of hydrogen-bond acceptors (Lipinski definition) is 7. The van der Waals surface area contributed by atoms with Crippen molar-refractivity contribution in [2.24, 2.45) is 0 Å². The summed E-state index contributed by atoms with van der Waals surface area (Å²) in [6.07, 6.45) is 1.64. The van der Waals surface area contributed by atoms with Crippen molar-refractivity contribution in [1.29, 1.82) is 0 Å². The molecule has 9 nitrogen and oxygen atoms in total. The Balaban J connectivity index is 1.49. The highest BCUT2D eigenvalue weighted by molar-refractivity contribution is 5.69. The molecule has 4 heterocycles. The summed E-state index contributed by atoms with van der Waals surface area (Å²) in [5, 5.41) is 9.67. The first-order valence-electron chi connectivity index (χ1n) is 12.9. The molecule has 3 aromatic heterocycles. The van der Waals surface area contributed by atoms with Crippen LogP contribution in [0.5, 0.6) is 23.3 Å². The fourth-order valence-corrected chi connectivity index (χ4v) is 5.31. The van der Waals surface area contributed by atoms with E-state index in [9.17, 15) is 0 Å². The van der Waals surface area contributed by atoms with Crippen LogP contribution in [-0.4, -0.2) is 43.6 Å². The van der Waals surface area contributed by atoms with Gasteiger partial charge in [-0.25, -0.2) is 19.2 Å². The summed E-state index contributed by atoms with van der Waals surface area (Å²) in [6.45, 7) is 4.05. The average Bonchev–Trinajstić information content (AvgIpc) is 3.58. The second-order valence-corrected chi connectivity index (χ2v) is 9.73. The third kappa shape index (κ3) is 3.70. The van der Waals surface area contributed by atoms with Gasteiger partial charge in [0.1, 0.15) is 6.33 Å². The number of benzene rings is 3. The van der Waals surface area contributed by atoms with Gasteiger partial charge in [0.2, 0.25) is 11.8 Å². The molecule has 0 saturated heterocycles. The van der Waals surface area contributed by atoms with E-state index in [0.717, 1.165) is 33.6 Å². The molecule has 40 heavy (non-hydrogen) atoms. The zero-order valence-electron chi connectivity index (χ0n) is 22.5. The number of rotatable bonds is 5. The summed E-state index contributed by atoms with van der Waals surface area (Å²) < 4.78 is 21.3. The highest BCUT2D eigenvalue weighted by Crippen LogP contribution is 2.50. The molecule has 0 radical (unpaired) electrons. The van der Waals surface area contributed by atoms with Gasteiger partial charge in [0.15, 0.2) is 23.0 Å². The number of methoxy groups -OCH3 is 2. The van der Waals surface area contributed by atoms with E-state index in [4.69, 9.17) is 34.4 Å². The second-order valence-electron chi connectivity index (χ2n) is 9.73. The van der Waals surface area contributed by atoms with E-state index < -0.39 is 0 Å². The first-order valence-corrected chi connectivity index (χ1v) is 12.9. The van der Waals surface area contributed by atoms with Crippen LogP contribution in [0.15, 0.2) is 79.1 Å². The third-order valence-corrected chi connectivity index (χ3v) is 7.27. The third-order valence-electron chi connectivity index (χ3n) is 7.27. The number of hydrogen-bond donors (Lipinski definition) is 0. The largest absolute Gasteiger partial charge is 0.493 e. The molecule has 1 aliphatic heterocycles. The number of fused-ring (bicyclic) bond motifs is 4. The number of ether oxygens (including phenoxy) is 3. The van der Waals surface area contributed by atoms with Crippen LogP contribution in [-0.2, 0) is 0 Å². The first kappa shape index (κ1) is 23.9. The van der Waals surface area contributed by atoms with Crippen LogP contribution in [0.2, 0.25) is 0 Å². The Kier molecular flexibility index (Phi) is 5.52. The molecule has 0 fully saturated rings. The van der Waals surface area contributed by atoms with Crippen molar-refractivity contribution in [3.63, 3.8) is 0 Å². The number of para-hydroxylation sites is 1. The fourth-order valence-electron chi connectivity index (χ4n) is 5.31. The number of aromatic nitrogens is 6. The minimum atomic E-state index is -0.303. The highest BCUT2D eigenvalue weighted by atomic mass is 16.5. The normalized spacial score (nSPS) is 13.9. The zero-order valence-corrected chi connectivity index (χ0v) is 22.5. The van der Waals surface area contributed by atoms with E-state index in [2.05, 4.69) is 19.1 Å². The highest BCUT2D eigenvalue weighted by Gasteiger charge is 2.38. The predicted octanol–water partition coefficient (Wildman–Crippen LogP) is 5.90. The van der Waals surface area contributed by atoms with Crippen molar-refractivity contribution in [2.75, 3.05) is 14.2 Å². The molecule has 9 heteroatoms. The van der Waals surface area contributed by atoms with Crippen molar-refractivity contribution in [2.45, 2.75) is 19.8 Å². The van der Waals surface area contributed by atoms with Crippen LogP contribution in [0.4, 0.5) is 0 Å². The van der Waals surface area contributed by atoms with E-state index >= 15 is 0 Å². The molecule has 1 unspecified atom stereocenters. The quantitative estimate of drug-likeness (QED) is 0.274. The summed E-state index contributed by atoms with van der Waals surface area (Å²) in [5.74, 6) is 2.66. The Labute approximate surface area is 230 Å². The van der Waals surface area contributed by atoms with Gasteiger partial charge < -0.3 is 14.2 Å². The summed E-state index contributed by atoms with van der Waals surface area (Å²) in [4.78, 5) is 9.70. The standard InChI is InChI=1S/C31H26N6O3/c1-18-10-12-20(13-11-18)28-33-29-27-26(21-14-15-23(38-3)24(16-21)39-4)25-19(2)34-37(22-8-6-5-7-9-22)31(25)40-30(27)32-17-36(29)35-28/h5-17,26H,1-4H3. The van der Waals surface area contributed by atoms with Crippen LogP contribution in [0.1, 0.15) is 33.9 Å². The summed E-state index contributed by atoms with van der Waals surface area (Å²) in [6, 6.07) is 24.0. The van der Waals surface area contributed by atoms with Gasteiger partial charge in [-0.05, 0) is 43.7 Å². The molecule has 1 aliphatic rings. The Bertz CT molecular complexity index is 1880. The molecular weight excluding hydrogens is 504 g/mol. The van der Waals surface area contributed by atoms with Crippen molar-refractivity contribution in [1.82, 2.24) is 29.4 Å². The minimum Gasteiger partial charge on any atom is -0.493 e. The van der Waals surface area contributed by atoms with Crippen molar-refractivity contribution >= 4 is 5.65 Å². The van der Waals surface area contributed by atoms with Gasteiger partial charge in [0.25, 0.3) is 0 Å². The lowest BCUT2D eigenvalue weighted by atomic mass is 9.84. The maximum atomic E-state index is 6.53. The molecule has 0 N–H and O–H groups in total. The zero-order chi connectivity index (χ0) is 27.4. The first-order chi connectivity index (χ1) is 19.6. The molecule has 0 saturated carbocycles. The lowest BCUT2D eigenvalue weighted by molar-refractivity contribution is 0.354. The Morgan fingerprint density at radius 1 is 0.825 bits per heavy atom. The van der Waals surface area contributed by atoms with E-state index in [1.165, 1.54) is 5.56 Å². The van der Waals surface area contributed by atoms with Gasteiger partial charge in [-0.2, -0.15) is 5.10 Å². The molecule has 0 spiro atoms. The van der Waals surface area contributed by atoms with E-state index in [0.29, 0.717) is 34.7 Å². The Morgan fingerprint density at radius 3 is 2.35 bits per heavy atom. The van der Waals surface area contributed by atoms with Gasteiger partial charge in [-0.3, -0.25) is 0 Å². The van der Waals surface area contributed by atoms with Crippen molar-refractivity contribution in [3.05, 3.63) is 107 Å². The van der Waals surface area contributed by atoms with Crippen LogP contribution < -0.4 is 14.2 Å². The van der Waals surface area contributed by atoms with Crippen LogP contribution in [0, 0.1) is 13.8 Å². The maximum absolute atomic E-state index is 6.53. The number of aryl methyl sites for hydroxylation is 2. The topological polar surface area (TPSA) is 88.6 Å². The van der Waals surface area contributed by atoms with Crippen molar-refractivity contribution in [3.8, 4) is 40.3 Å². The van der Waals surface area contributed by atoms with Crippen LogP contribution >= 0.6 is 0 Å². The van der Waals surface area contributed by atoms with Gasteiger partial charge in [0.05, 0.1) is 42.6 Å². The molecule has 198 valence electrons. The van der Waals surface area contributed by atoms with Gasteiger partial charge in [-0.1, -0.05) is 54.1 Å². The summed E-state index contributed by atoms with van der Waals surface area (Å²) in [5.41, 5.74) is 7.20. The van der Waals surface area contributed by atoms with E-state index in [-0.39, 0.29) is 5.92 Å². The SMILES string of the molecule is COc1ccc(C2c3c(C)nn(-c4ccccc4)c3Oc3ncn4nc(-c5ccc(C)cc5)nc4c32)cc1OC.